The molecule has 2 heterocycles. The van der Waals surface area contributed by atoms with E-state index in [-0.39, 0.29) is 94.3 Å². The van der Waals surface area contributed by atoms with Gasteiger partial charge < -0.3 is 9.13 Å². The predicted molar refractivity (Wildman–Crippen MR) is 317 cm³/mol. The maximum Gasteiger partial charge on any atom is 0.417 e. The number of nitrogens with zero attached hydrogens (tertiary/aromatic N) is 4. The van der Waals surface area contributed by atoms with Crippen LogP contribution in [0.4, 0.5) is 119 Å². The average Bonchev–Trinajstić information content (AvgIpc) is 1.54. The first kappa shape index (κ1) is 70.7. The Morgan fingerprint density at radius 1 is 0.235 bits per heavy atom. The molecule has 12 aromatic rings. The van der Waals surface area contributed by atoms with E-state index < -0.39 is 206 Å². The molecule has 102 heavy (non-hydrogen) atoms. The van der Waals surface area contributed by atoms with Crippen LogP contribution in [0.25, 0.3) is 111 Å². The summed E-state index contributed by atoms with van der Waals surface area (Å²) in [5, 5.41) is 20.8. The molecule has 0 aliphatic carbocycles. The number of aromatic nitrogens is 2. The molecule has 0 amide bonds. The maximum absolute atomic E-state index is 15.5. The van der Waals surface area contributed by atoms with Crippen molar-refractivity contribution in [2.75, 3.05) is 0 Å². The molecule has 0 N–H and O–H groups in total. The van der Waals surface area contributed by atoms with Crippen LogP contribution < -0.4 is 0 Å². The van der Waals surface area contributed by atoms with Crippen LogP contribution in [-0.2, 0) is 55.6 Å². The predicted octanol–water partition coefficient (Wildman–Crippen LogP) is 25.1. The van der Waals surface area contributed by atoms with E-state index in [9.17, 15) is 116 Å². The number of alkyl halides is 27. The zero-order valence-electron chi connectivity index (χ0n) is 49.7. The molecular weight excluding hydrogens is 1420 g/mol. The van der Waals surface area contributed by atoms with E-state index in [0.29, 0.717) is 18.2 Å². The van der Waals surface area contributed by atoms with E-state index in [1.165, 1.54) is 0 Å². The first-order chi connectivity index (χ1) is 47.1. The number of hydrogen-bond acceptors (Lipinski definition) is 2. The van der Waals surface area contributed by atoms with Crippen molar-refractivity contribution in [3.05, 3.63) is 237 Å². The Morgan fingerprint density at radius 3 is 0.706 bits per heavy atom. The van der Waals surface area contributed by atoms with Gasteiger partial charge in [-0.05, 0) is 166 Å². The minimum absolute atomic E-state index is 0.215. The topological polar surface area (TPSA) is 57.4 Å². The van der Waals surface area contributed by atoms with Crippen LogP contribution in [0.1, 0.15) is 61.2 Å². The Labute approximate surface area is 552 Å². The first-order valence-corrected chi connectivity index (χ1v) is 28.7. The molecule has 4 nitrogen and oxygen atoms in total. The van der Waals surface area contributed by atoms with E-state index in [2.05, 4.69) is 0 Å². The summed E-state index contributed by atoms with van der Waals surface area (Å²) in [5.74, 6) is 0. The third-order valence-corrected chi connectivity index (χ3v) is 16.7. The number of fused-ring (bicyclic) bond motifs is 6. The van der Waals surface area contributed by atoms with E-state index in [1.54, 1.807) is 12.1 Å². The Hall–Kier alpha value is -11.1. The van der Waals surface area contributed by atoms with Gasteiger partial charge in [0.05, 0.1) is 107 Å². The number of rotatable bonds is 7. The van der Waals surface area contributed by atoms with Crippen LogP contribution in [0.15, 0.2) is 176 Å². The molecule has 0 atom stereocenters. The van der Waals surface area contributed by atoms with E-state index >= 15 is 13.2 Å². The van der Waals surface area contributed by atoms with Gasteiger partial charge in [-0.25, -0.2) is 0 Å². The maximum atomic E-state index is 15.5. The van der Waals surface area contributed by atoms with Gasteiger partial charge in [-0.2, -0.15) is 129 Å². The Bertz CT molecular complexity index is 5140. The largest absolute Gasteiger partial charge is 0.417 e. The van der Waals surface area contributed by atoms with Crippen molar-refractivity contribution in [1.82, 2.24) is 9.13 Å². The van der Waals surface area contributed by atoms with Gasteiger partial charge in [0.25, 0.3) is 0 Å². The van der Waals surface area contributed by atoms with Gasteiger partial charge in [-0.15, -0.1) is 0 Å². The lowest BCUT2D eigenvalue weighted by molar-refractivity contribution is -0.144. The molecule has 0 bridgehead atoms. The average molecular weight is 1450 g/mol. The van der Waals surface area contributed by atoms with Gasteiger partial charge in [-0.1, -0.05) is 54.6 Å². The molecule has 0 saturated carbocycles. The van der Waals surface area contributed by atoms with Crippen LogP contribution in [0.5, 0.6) is 0 Å². The Balaban J connectivity index is 1.32. The standard InChI is InChI=1S/C71H29F27N4/c72-63(73,74)42-12-37(13-43(25-42)64(75,76)77)32-4-8-50-51-9-5-33(38-14-44(65(78,79)80)26-45(15-38)66(81,82)83)21-57(51)101(56(50)20-32)60-24-41(31-100)54(62-36(30-99)2-1-3-55(62)71(96,97)98)29-61(60)102-58-22-34(39-16-46(67(84,85)86)27-47(17-39)68(87,88)89)6-10-52(58)53-11-7-35(23-59(53)102)40-18-48(69(90,91)92)28-49(19-40)70(93,94)95/h1-29H. The molecule has 0 aliphatic rings. The molecule has 10 aromatic carbocycles. The molecule has 0 radical (unpaired) electrons. The SMILES string of the molecule is N#Cc1cc(-n2c3cc(-c4cc(C(F)(F)F)cc(C(F)(F)F)c4)ccc3c3ccc(-c4cc(C(F)(F)F)cc(C(F)(F)F)c4)cc32)c(-n2c3cc(-c4cc(C(F)(F)F)cc(C(F)(F)F)c4)ccc3c3ccc(-c4cc(C(F)(F)F)cc(C(F)(F)F)c4)cc32)cc1-c1c(C#N)cccc1C(F)(F)F. The van der Waals surface area contributed by atoms with Gasteiger partial charge in [-0.3, -0.25) is 0 Å². The summed E-state index contributed by atoms with van der Waals surface area (Å²) in [5.41, 5.74) is -30.4. The lowest BCUT2D eigenvalue weighted by atomic mass is 9.90. The summed E-state index contributed by atoms with van der Waals surface area (Å²) >= 11 is 0. The molecule has 12 rings (SSSR count). The summed E-state index contributed by atoms with van der Waals surface area (Å²) in [7, 11) is 0. The quantitative estimate of drug-likeness (QED) is 0.149. The highest BCUT2D eigenvalue weighted by atomic mass is 19.4. The van der Waals surface area contributed by atoms with Gasteiger partial charge in [0.15, 0.2) is 0 Å². The summed E-state index contributed by atoms with van der Waals surface area (Å²) in [6.07, 6.45) is -49.7. The van der Waals surface area contributed by atoms with Crippen molar-refractivity contribution in [3.8, 4) is 79.1 Å². The normalized spacial score (nSPS) is 13.2. The van der Waals surface area contributed by atoms with Crippen molar-refractivity contribution in [2.24, 2.45) is 0 Å². The van der Waals surface area contributed by atoms with Crippen LogP contribution in [0, 0.1) is 22.7 Å². The minimum atomic E-state index is -5.53. The van der Waals surface area contributed by atoms with Crippen molar-refractivity contribution < 1.29 is 119 Å². The van der Waals surface area contributed by atoms with E-state index in [0.717, 1.165) is 94.1 Å². The Morgan fingerprint density at radius 2 is 0.480 bits per heavy atom. The second-order valence-corrected chi connectivity index (χ2v) is 23.1. The molecule has 0 spiro atoms. The number of nitriles is 2. The lowest BCUT2D eigenvalue weighted by Gasteiger charge is -2.22. The molecule has 522 valence electrons. The fraction of sp³-hybridized carbons (Fsp3) is 0.127. The smallest absolute Gasteiger partial charge is 0.307 e. The zero-order valence-corrected chi connectivity index (χ0v) is 49.7. The number of halogens is 27. The van der Waals surface area contributed by atoms with Crippen LogP contribution in [-0.4, -0.2) is 9.13 Å². The van der Waals surface area contributed by atoms with Crippen LogP contribution >= 0.6 is 0 Å². The third kappa shape index (κ3) is 13.1. The van der Waals surface area contributed by atoms with Gasteiger partial charge >= 0.3 is 55.6 Å². The fourth-order valence-corrected chi connectivity index (χ4v) is 12.2. The van der Waals surface area contributed by atoms with E-state index in [4.69, 9.17) is 0 Å². The number of hydrogen-bond donors (Lipinski definition) is 0. The highest BCUT2D eigenvalue weighted by Gasteiger charge is 2.43. The first-order valence-electron chi connectivity index (χ1n) is 28.7. The highest BCUT2D eigenvalue weighted by Crippen LogP contribution is 2.50. The molecule has 0 aliphatic heterocycles. The van der Waals surface area contributed by atoms with E-state index in [1.807, 2.05) is 0 Å². The van der Waals surface area contributed by atoms with Crippen molar-refractivity contribution >= 4 is 43.6 Å². The zero-order chi connectivity index (χ0) is 74.5. The Kier molecular flexibility index (Phi) is 16.5. The summed E-state index contributed by atoms with van der Waals surface area (Å²) in [6, 6.07) is 18.9. The fourth-order valence-electron chi connectivity index (χ4n) is 12.2. The third-order valence-electron chi connectivity index (χ3n) is 16.7. The number of benzene rings is 10. The van der Waals surface area contributed by atoms with Crippen molar-refractivity contribution in [1.29, 1.82) is 10.5 Å². The molecule has 31 heteroatoms. The van der Waals surface area contributed by atoms with Gasteiger partial charge in [0, 0.05) is 32.7 Å². The van der Waals surface area contributed by atoms with Gasteiger partial charge in [0.2, 0.25) is 0 Å². The van der Waals surface area contributed by atoms with Gasteiger partial charge in [0.1, 0.15) is 0 Å². The molecule has 0 fully saturated rings. The van der Waals surface area contributed by atoms with Crippen molar-refractivity contribution in [2.45, 2.75) is 55.6 Å². The second kappa shape index (κ2) is 23.8. The summed E-state index contributed by atoms with van der Waals surface area (Å²) in [4.78, 5) is 0. The summed E-state index contributed by atoms with van der Waals surface area (Å²) < 4.78 is 398. The second-order valence-electron chi connectivity index (χ2n) is 23.1. The molecular formula is C71H29F27N4. The lowest BCUT2D eigenvalue weighted by Crippen LogP contribution is -2.11. The molecule has 0 unspecified atom stereocenters. The monoisotopic (exact) mass is 1450 g/mol. The van der Waals surface area contributed by atoms with Crippen LogP contribution in [0.2, 0.25) is 0 Å². The van der Waals surface area contributed by atoms with Crippen LogP contribution in [0.3, 0.4) is 0 Å². The summed E-state index contributed by atoms with van der Waals surface area (Å²) in [6.45, 7) is 0. The molecule has 2 aromatic heterocycles. The molecule has 0 saturated heterocycles. The highest BCUT2D eigenvalue weighted by molar-refractivity contribution is 6.14. The minimum Gasteiger partial charge on any atom is -0.307 e. The van der Waals surface area contributed by atoms with Crippen molar-refractivity contribution in [3.63, 3.8) is 0 Å².